The molecule has 1 aliphatic rings. The summed E-state index contributed by atoms with van der Waals surface area (Å²) in [7, 11) is 0. The van der Waals surface area contributed by atoms with E-state index in [1.54, 1.807) is 0 Å². The predicted molar refractivity (Wildman–Crippen MR) is 79.5 cm³/mol. The first-order valence-corrected chi connectivity index (χ1v) is 6.45. The standard InChI is InChI=1S/C14H19N3O2.ClH/c1-9-2-4-10(5-3-9)13(15)14(19)16-8-12(18)17-11-6-7-11;/h2-5,11,13H,6-8,15H2,1H3,(H,16,19)(H,17,18);1H. The Kier molecular flexibility index (Phi) is 5.98. The van der Waals surface area contributed by atoms with Crippen LogP contribution in [0.2, 0.25) is 0 Å². The Labute approximate surface area is 124 Å². The molecule has 1 fully saturated rings. The molecule has 1 aromatic rings. The lowest BCUT2D eigenvalue weighted by molar-refractivity contribution is -0.127. The van der Waals surface area contributed by atoms with E-state index in [0.717, 1.165) is 24.0 Å². The Balaban J connectivity index is 0.00000200. The first kappa shape index (κ1) is 16.5. The fourth-order valence-electron chi connectivity index (χ4n) is 1.71. The SMILES string of the molecule is Cc1ccc(C(N)C(=O)NCC(=O)NC2CC2)cc1.Cl. The lowest BCUT2D eigenvalue weighted by atomic mass is 10.1. The van der Waals surface area contributed by atoms with E-state index < -0.39 is 6.04 Å². The van der Waals surface area contributed by atoms with E-state index in [2.05, 4.69) is 10.6 Å². The summed E-state index contributed by atoms with van der Waals surface area (Å²) in [5.41, 5.74) is 7.70. The maximum Gasteiger partial charge on any atom is 0.241 e. The molecule has 0 aliphatic heterocycles. The summed E-state index contributed by atoms with van der Waals surface area (Å²) in [6.45, 7) is 1.95. The van der Waals surface area contributed by atoms with Crippen LogP contribution in [0.5, 0.6) is 0 Å². The van der Waals surface area contributed by atoms with Gasteiger partial charge in [-0.25, -0.2) is 0 Å². The van der Waals surface area contributed by atoms with Crippen LogP contribution in [0.4, 0.5) is 0 Å². The van der Waals surface area contributed by atoms with Crippen molar-refractivity contribution in [3.8, 4) is 0 Å². The van der Waals surface area contributed by atoms with Crippen LogP contribution in [0.1, 0.15) is 30.0 Å². The van der Waals surface area contributed by atoms with E-state index in [1.165, 1.54) is 0 Å². The Morgan fingerprint density at radius 1 is 1.30 bits per heavy atom. The van der Waals surface area contributed by atoms with Gasteiger partial charge >= 0.3 is 0 Å². The zero-order valence-corrected chi connectivity index (χ0v) is 12.2. The number of benzene rings is 1. The molecule has 0 aromatic heterocycles. The summed E-state index contributed by atoms with van der Waals surface area (Å²) < 4.78 is 0. The van der Waals surface area contributed by atoms with Crippen LogP contribution in [-0.4, -0.2) is 24.4 Å². The Morgan fingerprint density at radius 3 is 2.45 bits per heavy atom. The minimum Gasteiger partial charge on any atom is -0.352 e. The molecule has 110 valence electrons. The van der Waals surface area contributed by atoms with Crippen molar-refractivity contribution >= 4 is 24.2 Å². The van der Waals surface area contributed by atoms with E-state index in [9.17, 15) is 9.59 Å². The number of nitrogens with two attached hydrogens (primary N) is 1. The normalized spacial score (nSPS) is 14.9. The molecule has 1 atom stereocenters. The van der Waals surface area contributed by atoms with Crippen LogP contribution in [0.15, 0.2) is 24.3 Å². The minimum absolute atomic E-state index is 0. The smallest absolute Gasteiger partial charge is 0.241 e. The molecule has 5 nitrogen and oxygen atoms in total. The molecule has 1 unspecified atom stereocenters. The number of amides is 2. The lowest BCUT2D eigenvalue weighted by Crippen LogP contribution is -2.41. The number of aryl methyl sites for hydroxylation is 1. The second kappa shape index (κ2) is 7.26. The summed E-state index contributed by atoms with van der Waals surface area (Å²) in [4.78, 5) is 23.3. The highest BCUT2D eigenvalue weighted by Gasteiger charge is 2.23. The molecule has 6 heteroatoms. The van der Waals surface area contributed by atoms with Gasteiger partial charge in [0.25, 0.3) is 0 Å². The van der Waals surface area contributed by atoms with Gasteiger partial charge in [-0.2, -0.15) is 0 Å². The number of halogens is 1. The number of nitrogens with one attached hydrogen (secondary N) is 2. The largest absolute Gasteiger partial charge is 0.352 e. The fourth-order valence-corrected chi connectivity index (χ4v) is 1.71. The van der Waals surface area contributed by atoms with Crippen molar-refractivity contribution in [3.63, 3.8) is 0 Å². The quantitative estimate of drug-likeness (QED) is 0.752. The van der Waals surface area contributed by atoms with E-state index in [0.29, 0.717) is 6.04 Å². The van der Waals surface area contributed by atoms with Crippen molar-refractivity contribution in [1.82, 2.24) is 10.6 Å². The van der Waals surface area contributed by atoms with Gasteiger partial charge in [0.15, 0.2) is 0 Å². The molecule has 2 rings (SSSR count). The molecule has 1 aromatic carbocycles. The molecule has 4 N–H and O–H groups in total. The van der Waals surface area contributed by atoms with Crippen LogP contribution in [0, 0.1) is 6.92 Å². The van der Waals surface area contributed by atoms with Gasteiger partial charge in [0.2, 0.25) is 11.8 Å². The van der Waals surface area contributed by atoms with Gasteiger partial charge in [0.05, 0.1) is 6.54 Å². The summed E-state index contributed by atoms with van der Waals surface area (Å²) >= 11 is 0. The van der Waals surface area contributed by atoms with Crippen molar-refractivity contribution in [2.45, 2.75) is 31.8 Å². The topological polar surface area (TPSA) is 84.2 Å². The van der Waals surface area contributed by atoms with Gasteiger partial charge in [-0.3, -0.25) is 9.59 Å². The van der Waals surface area contributed by atoms with Crippen molar-refractivity contribution in [2.24, 2.45) is 5.73 Å². The summed E-state index contributed by atoms with van der Waals surface area (Å²) in [5.74, 6) is -0.498. The fraction of sp³-hybridized carbons (Fsp3) is 0.429. The van der Waals surface area contributed by atoms with Gasteiger partial charge in [0, 0.05) is 6.04 Å². The van der Waals surface area contributed by atoms with Crippen LogP contribution in [0.3, 0.4) is 0 Å². The van der Waals surface area contributed by atoms with Gasteiger partial charge in [0.1, 0.15) is 6.04 Å². The number of hydrogen-bond acceptors (Lipinski definition) is 3. The molecule has 2 amide bonds. The third-order valence-corrected chi connectivity index (χ3v) is 3.08. The number of rotatable bonds is 5. The molecule has 0 spiro atoms. The molecule has 0 saturated heterocycles. The summed E-state index contributed by atoms with van der Waals surface area (Å²) in [6.07, 6.45) is 2.06. The van der Waals surface area contributed by atoms with E-state index in [-0.39, 0.29) is 30.8 Å². The first-order valence-electron chi connectivity index (χ1n) is 6.45. The van der Waals surface area contributed by atoms with Crippen LogP contribution in [-0.2, 0) is 9.59 Å². The second-order valence-corrected chi connectivity index (χ2v) is 4.95. The van der Waals surface area contributed by atoms with Crippen LogP contribution < -0.4 is 16.4 Å². The number of hydrogen-bond donors (Lipinski definition) is 3. The minimum atomic E-state index is -0.741. The van der Waals surface area contributed by atoms with Crippen LogP contribution in [0.25, 0.3) is 0 Å². The molecule has 0 radical (unpaired) electrons. The van der Waals surface area contributed by atoms with E-state index >= 15 is 0 Å². The summed E-state index contributed by atoms with van der Waals surface area (Å²) in [5, 5.41) is 5.35. The van der Waals surface area contributed by atoms with Crippen molar-refractivity contribution in [1.29, 1.82) is 0 Å². The van der Waals surface area contributed by atoms with Crippen molar-refractivity contribution in [2.75, 3.05) is 6.54 Å². The Morgan fingerprint density at radius 2 is 1.90 bits per heavy atom. The zero-order valence-electron chi connectivity index (χ0n) is 11.4. The molecule has 1 saturated carbocycles. The highest BCUT2D eigenvalue weighted by molar-refractivity contribution is 5.88. The van der Waals surface area contributed by atoms with Gasteiger partial charge in [-0.05, 0) is 25.3 Å². The molecule has 0 bridgehead atoms. The monoisotopic (exact) mass is 297 g/mol. The molecular formula is C14H20ClN3O2. The highest BCUT2D eigenvalue weighted by Crippen LogP contribution is 2.18. The Hall–Kier alpha value is -1.59. The molecule has 0 heterocycles. The van der Waals surface area contributed by atoms with Gasteiger partial charge < -0.3 is 16.4 Å². The third-order valence-electron chi connectivity index (χ3n) is 3.08. The highest BCUT2D eigenvalue weighted by atomic mass is 35.5. The predicted octanol–water partition coefficient (Wildman–Crippen LogP) is 0.811. The average Bonchev–Trinajstić information content (AvgIpc) is 3.20. The molecule has 20 heavy (non-hydrogen) atoms. The third kappa shape index (κ3) is 4.83. The van der Waals surface area contributed by atoms with Crippen molar-refractivity contribution < 1.29 is 9.59 Å². The van der Waals surface area contributed by atoms with Crippen LogP contribution >= 0.6 is 12.4 Å². The maximum absolute atomic E-state index is 11.8. The average molecular weight is 298 g/mol. The number of carbonyl (C=O) groups is 2. The number of carbonyl (C=O) groups excluding carboxylic acids is 2. The first-order chi connectivity index (χ1) is 9.06. The maximum atomic E-state index is 11.8. The van der Waals surface area contributed by atoms with E-state index in [1.807, 2.05) is 31.2 Å². The second-order valence-electron chi connectivity index (χ2n) is 4.95. The lowest BCUT2D eigenvalue weighted by Gasteiger charge is -2.12. The molecule has 1 aliphatic carbocycles. The zero-order chi connectivity index (χ0) is 13.8. The summed E-state index contributed by atoms with van der Waals surface area (Å²) in [6, 6.07) is 7.02. The Bertz CT molecular complexity index is 472. The van der Waals surface area contributed by atoms with Crippen molar-refractivity contribution in [3.05, 3.63) is 35.4 Å². The van der Waals surface area contributed by atoms with Gasteiger partial charge in [-0.1, -0.05) is 29.8 Å². The van der Waals surface area contributed by atoms with Gasteiger partial charge in [-0.15, -0.1) is 12.4 Å². The van der Waals surface area contributed by atoms with E-state index in [4.69, 9.17) is 5.73 Å². The molecular weight excluding hydrogens is 278 g/mol.